The van der Waals surface area contributed by atoms with Crippen molar-refractivity contribution in [3.8, 4) is 17.9 Å². The van der Waals surface area contributed by atoms with Gasteiger partial charge in [-0.3, -0.25) is 19.4 Å². The molecule has 3 aromatic rings. The van der Waals surface area contributed by atoms with Gasteiger partial charge in [-0.25, -0.2) is 14.2 Å². The zero-order chi connectivity index (χ0) is 36.2. The van der Waals surface area contributed by atoms with Crippen molar-refractivity contribution in [3.63, 3.8) is 0 Å². The van der Waals surface area contributed by atoms with E-state index in [0.717, 1.165) is 43.6 Å². The number of aromatic nitrogens is 1. The van der Waals surface area contributed by atoms with Gasteiger partial charge in [0, 0.05) is 64.6 Å². The number of nitrogens with one attached hydrogen (secondary N) is 2. The zero-order valence-electron chi connectivity index (χ0n) is 29.2. The maximum absolute atomic E-state index is 13.6. The topological polar surface area (TPSA) is 131 Å². The molecule has 0 spiro atoms. The lowest BCUT2D eigenvalue weighted by Crippen LogP contribution is -2.48. The minimum atomic E-state index is -0.581. The Kier molecular flexibility index (Phi) is 13.1. The lowest BCUT2D eigenvalue weighted by atomic mass is 10.0. The van der Waals surface area contributed by atoms with E-state index in [0.29, 0.717) is 49.4 Å². The molecule has 51 heavy (non-hydrogen) atoms. The van der Waals surface area contributed by atoms with E-state index in [2.05, 4.69) is 43.3 Å². The van der Waals surface area contributed by atoms with Crippen LogP contribution in [-0.4, -0.2) is 96.1 Å². The number of rotatable bonds is 10. The summed E-state index contributed by atoms with van der Waals surface area (Å²) >= 11 is 0. The third-order valence-electron chi connectivity index (χ3n) is 8.83. The number of benzene rings is 2. The van der Waals surface area contributed by atoms with Crippen molar-refractivity contribution in [2.24, 2.45) is 5.92 Å². The van der Waals surface area contributed by atoms with Gasteiger partial charge in [0.2, 0.25) is 0 Å². The molecule has 3 heterocycles. The molecule has 0 saturated carbocycles. The number of carbonyl (C=O) groups excluding carboxylic acids is 3. The van der Waals surface area contributed by atoms with Crippen molar-refractivity contribution >= 4 is 17.9 Å². The lowest BCUT2D eigenvalue weighted by molar-refractivity contribution is 0.0627. The van der Waals surface area contributed by atoms with Crippen LogP contribution in [0.15, 0.2) is 60.8 Å². The van der Waals surface area contributed by atoms with Gasteiger partial charge in [-0.1, -0.05) is 50.0 Å². The second-order valence-electron chi connectivity index (χ2n) is 13.3. The van der Waals surface area contributed by atoms with Gasteiger partial charge < -0.3 is 20.3 Å². The van der Waals surface area contributed by atoms with E-state index in [9.17, 15) is 18.8 Å². The molecule has 266 valence electrons. The number of hydrogen-bond acceptors (Lipinski definition) is 8. The van der Waals surface area contributed by atoms with Gasteiger partial charge in [0.05, 0.1) is 35.9 Å². The molecule has 2 aromatic carbocycles. The van der Waals surface area contributed by atoms with Gasteiger partial charge in [-0.05, 0) is 60.2 Å². The molecule has 2 fully saturated rings. The average Bonchev–Trinajstić information content (AvgIpc) is 3.14. The first-order valence-electron chi connectivity index (χ1n) is 17.3. The summed E-state index contributed by atoms with van der Waals surface area (Å²) < 4.78 is 18.4. The van der Waals surface area contributed by atoms with Crippen molar-refractivity contribution < 1.29 is 23.5 Å². The summed E-state index contributed by atoms with van der Waals surface area (Å²) in [6.45, 7) is 9.53. The number of piperidine rings is 1. The molecule has 2 saturated heterocycles. The Labute approximate surface area is 298 Å². The van der Waals surface area contributed by atoms with Crippen molar-refractivity contribution in [2.75, 3.05) is 52.4 Å². The Balaban J connectivity index is 1.21. The molecule has 0 unspecified atom stereocenters. The molecule has 11 nitrogen and oxygen atoms in total. The van der Waals surface area contributed by atoms with Crippen molar-refractivity contribution in [1.82, 2.24) is 30.3 Å². The summed E-state index contributed by atoms with van der Waals surface area (Å²) in [6.07, 6.45) is 2.36. The highest BCUT2D eigenvalue weighted by Crippen LogP contribution is 2.18. The third kappa shape index (κ3) is 11.1. The molecule has 3 amide bonds. The van der Waals surface area contributed by atoms with Crippen LogP contribution in [0.4, 0.5) is 9.18 Å². The van der Waals surface area contributed by atoms with Crippen LogP contribution in [0.3, 0.4) is 0 Å². The Morgan fingerprint density at radius 3 is 2.20 bits per heavy atom. The van der Waals surface area contributed by atoms with E-state index < -0.39 is 6.09 Å². The second kappa shape index (κ2) is 18.1. The lowest BCUT2D eigenvalue weighted by Gasteiger charge is -2.34. The SMILES string of the molecule is CC(C)COC(=O)NCC#Cc1cc(C(=O)N2CCN(Cc3ccc(F)cc3)CC2)cnc1C(=O)NC1CCN(Cc2ccc(C#N)cc2)CC1. The van der Waals surface area contributed by atoms with E-state index in [1.807, 2.05) is 38.1 Å². The van der Waals surface area contributed by atoms with Crippen molar-refractivity contribution in [2.45, 2.75) is 45.8 Å². The summed E-state index contributed by atoms with van der Waals surface area (Å²) in [5, 5.41) is 14.7. The van der Waals surface area contributed by atoms with Crippen LogP contribution in [0.5, 0.6) is 0 Å². The fourth-order valence-corrected chi connectivity index (χ4v) is 5.98. The number of amides is 3. The van der Waals surface area contributed by atoms with Crippen LogP contribution < -0.4 is 10.6 Å². The maximum Gasteiger partial charge on any atom is 0.407 e. The Morgan fingerprint density at radius 1 is 0.941 bits per heavy atom. The number of carbonyl (C=O) groups is 3. The van der Waals surface area contributed by atoms with Gasteiger partial charge >= 0.3 is 6.09 Å². The van der Waals surface area contributed by atoms with E-state index in [-0.39, 0.29) is 48.4 Å². The highest BCUT2D eigenvalue weighted by Gasteiger charge is 2.26. The van der Waals surface area contributed by atoms with Gasteiger partial charge in [0.15, 0.2) is 0 Å². The first-order chi connectivity index (χ1) is 24.7. The van der Waals surface area contributed by atoms with Crippen LogP contribution in [0.25, 0.3) is 0 Å². The minimum Gasteiger partial charge on any atom is -0.449 e. The number of likely N-dealkylation sites (tertiary alicyclic amines) is 1. The summed E-state index contributed by atoms with van der Waals surface area (Å²) in [4.78, 5) is 49.9. The largest absolute Gasteiger partial charge is 0.449 e. The van der Waals surface area contributed by atoms with E-state index >= 15 is 0 Å². The van der Waals surface area contributed by atoms with Gasteiger partial charge in [0.1, 0.15) is 11.5 Å². The normalized spacial score (nSPS) is 15.4. The second-order valence-corrected chi connectivity index (χ2v) is 13.3. The quantitative estimate of drug-likeness (QED) is 0.303. The molecule has 0 bridgehead atoms. The fourth-order valence-electron chi connectivity index (χ4n) is 5.98. The summed E-state index contributed by atoms with van der Waals surface area (Å²) in [7, 11) is 0. The highest BCUT2D eigenvalue weighted by molar-refractivity contribution is 5.98. The van der Waals surface area contributed by atoms with E-state index in [1.54, 1.807) is 23.1 Å². The molecular formula is C39H44FN7O4. The standard InChI is InChI=1S/C39H44FN7O4/c1-28(2)27-51-39(50)42-15-3-4-32-22-33(38(49)47-20-18-46(19-21-47)26-31-9-11-34(40)12-10-31)24-43-36(32)37(48)44-35-13-16-45(17-14-35)25-30-7-5-29(23-41)6-8-30/h5-12,22,24,28,35H,13-21,25-27H2,1-2H3,(H,42,50)(H,44,48). The predicted molar refractivity (Wildman–Crippen MR) is 190 cm³/mol. The van der Waals surface area contributed by atoms with Gasteiger partial charge in [-0.2, -0.15) is 5.26 Å². The molecule has 1 aromatic heterocycles. The fraction of sp³-hybridized carbons (Fsp3) is 0.410. The smallest absolute Gasteiger partial charge is 0.407 e. The van der Waals surface area contributed by atoms with Crippen LogP contribution in [-0.2, 0) is 17.8 Å². The number of alkyl carbamates (subject to hydrolysis) is 1. The summed E-state index contributed by atoms with van der Waals surface area (Å²) in [6, 6.07) is 17.7. The van der Waals surface area contributed by atoms with Crippen LogP contribution in [0.1, 0.15) is 69.8 Å². The van der Waals surface area contributed by atoms with Crippen LogP contribution in [0, 0.1) is 34.9 Å². The van der Waals surface area contributed by atoms with E-state index in [1.165, 1.54) is 18.3 Å². The number of ether oxygens (including phenoxy) is 1. The van der Waals surface area contributed by atoms with E-state index in [4.69, 9.17) is 10.00 Å². The molecule has 2 aliphatic heterocycles. The van der Waals surface area contributed by atoms with Crippen LogP contribution in [0.2, 0.25) is 0 Å². The Morgan fingerprint density at radius 2 is 1.57 bits per heavy atom. The highest BCUT2D eigenvalue weighted by atomic mass is 19.1. The molecule has 2 aliphatic rings. The van der Waals surface area contributed by atoms with Crippen molar-refractivity contribution in [3.05, 3.63) is 100 Å². The minimum absolute atomic E-state index is 0.0100. The first-order valence-corrected chi connectivity index (χ1v) is 17.3. The van der Waals surface area contributed by atoms with Crippen LogP contribution >= 0.6 is 0 Å². The summed E-state index contributed by atoms with van der Waals surface area (Å²) in [5.41, 5.74) is 3.51. The summed E-state index contributed by atoms with van der Waals surface area (Å²) in [5.74, 6) is 5.17. The number of pyridine rings is 1. The third-order valence-corrected chi connectivity index (χ3v) is 8.83. The molecule has 12 heteroatoms. The first kappa shape index (κ1) is 37.0. The average molecular weight is 694 g/mol. The number of halogens is 1. The number of piperazine rings is 1. The molecular weight excluding hydrogens is 649 g/mol. The van der Waals surface area contributed by atoms with Crippen molar-refractivity contribution in [1.29, 1.82) is 5.26 Å². The van der Waals surface area contributed by atoms with Gasteiger partial charge in [-0.15, -0.1) is 0 Å². The number of hydrogen-bond donors (Lipinski definition) is 2. The molecule has 5 rings (SSSR count). The monoisotopic (exact) mass is 693 g/mol. The number of nitriles is 1. The molecule has 0 radical (unpaired) electrons. The maximum atomic E-state index is 13.6. The zero-order valence-corrected chi connectivity index (χ0v) is 29.2. The predicted octanol–water partition coefficient (Wildman–Crippen LogP) is 4.18. The molecule has 0 aliphatic carbocycles. The van der Waals surface area contributed by atoms with Gasteiger partial charge in [0.25, 0.3) is 11.8 Å². The molecule has 2 N–H and O–H groups in total. The Hall–Kier alpha value is -5.30. The Bertz CT molecular complexity index is 1760. The number of nitrogens with zero attached hydrogens (tertiary/aromatic N) is 5. The molecule has 0 atom stereocenters.